The summed E-state index contributed by atoms with van der Waals surface area (Å²) in [5, 5.41) is 5.70. The highest BCUT2D eigenvalue weighted by atomic mass is 32.1. The highest BCUT2D eigenvalue weighted by molar-refractivity contribution is 7.80. The summed E-state index contributed by atoms with van der Waals surface area (Å²) in [6, 6.07) is 3.05. The second-order valence-electron chi connectivity index (χ2n) is 5.66. The number of amides is 2. The highest BCUT2D eigenvalue weighted by Crippen LogP contribution is 2.17. The Kier molecular flexibility index (Phi) is 6.71. The molecule has 120 valence electrons. The van der Waals surface area contributed by atoms with E-state index in [0.29, 0.717) is 17.9 Å². The molecule has 2 rings (SSSR count). The van der Waals surface area contributed by atoms with Gasteiger partial charge >= 0.3 is 0 Å². The predicted octanol–water partition coefficient (Wildman–Crippen LogP) is 2.41. The molecular weight excluding hydrogens is 298 g/mol. The van der Waals surface area contributed by atoms with Gasteiger partial charge in [0.1, 0.15) is 6.04 Å². The summed E-state index contributed by atoms with van der Waals surface area (Å²) in [6.45, 7) is 0. The van der Waals surface area contributed by atoms with Gasteiger partial charge in [-0.05, 0) is 25.0 Å². The van der Waals surface area contributed by atoms with Crippen molar-refractivity contribution in [2.75, 3.05) is 11.1 Å². The first kappa shape index (κ1) is 16.8. The van der Waals surface area contributed by atoms with E-state index in [2.05, 4.69) is 28.2 Å². The third-order valence-corrected chi connectivity index (χ3v) is 4.39. The van der Waals surface area contributed by atoms with Crippen molar-refractivity contribution < 1.29 is 9.59 Å². The molecule has 1 aliphatic rings. The summed E-state index contributed by atoms with van der Waals surface area (Å²) in [6.07, 6.45) is 8.93. The number of anilines is 1. The number of carbonyl (C=O) groups is 2. The number of nitrogens with one attached hydrogen (secondary N) is 2. The van der Waals surface area contributed by atoms with Crippen molar-refractivity contribution in [2.24, 2.45) is 5.92 Å². The largest absolute Gasteiger partial charge is 0.344 e. The van der Waals surface area contributed by atoms with Crippen molar-refractivity contribution in [1.29, 1.82) is 0 Å². The first-order valence-corrected chi connectivity index (χ1v) is 8.46. The van der Waals surface area contributed by atoms with Gasteiger partial charge in [0, 0.05) is 17.9 Å². The molecular formula is C16H23N3O2S. The zero-order valence-corrected chi connectivity index (χ0v) is 13.5. The van der Waals surface area contributed by atoms with E-state index in [-0.39, 0.29) is 17.7 Å². The van der Waals surface area contributed by atoms with Crippen LogP contribution in [0.5, 0.6) is 0 Å². The Balaban J connectivity index is 2.01. The van der Waals surface area contributed by atoms with Crippen LogP contribution in [0.3, 0.4) is 0 Å². The molecule has 0 unspecified atom stereocenters. The molecule has 1 aliphatic heterocycles. The highest BCUT2D eigenvalue weighted by Gasteiger charge is 2.25. The molecule has 1 aromatic heterocycles. The minimum atomic E-state index is -0.492. The Morgan fingerprint density at radius 2 is 2.09 bits per heavy atom. The van der Waals surface area contributed by atoms with Crippen LogP contribution < -0.4 is 10.6 Å². The molecule has 0 bridgehead atoms. The zero-order chi connectivity index (χ0) is 15.8. The van der Waals surface area contributed by atoms with E-state index in [1.165, 1.54) is 0 Å². The molecule has 0 saturated carbocycles. The van der Waals surface area contributed by atoms with Gasteiger partial charge in [-0.25, -0.2) is 0 Å². The first-order valence-electron chi connectivity index (χ1n) is 7.83. The number of aromatic nitrogens is 1. The van der Waals surface area contributed by atoms with E-state index in [0.717, 1.165) is 32.1 Å². The Morgan fingerprint density at radius 1 is 1.32 bits per heavy atom. The number of thiol groups is 1. The number of nitrogens with zero attached hydrogens (tertiary/aromatic N) is 1. The lowest BCUT2D eigenvalue weighted by atomic mass is 9.97. The molecule has 5 nitrogen and oxygen atoms in total. The van der Waals surface area contributed by atoms with E-state index in [9.17, 15) is 9.59 Å². The summed E-state index contributed by atoms with van der Waals surface area (Å²) in [4.78, 5) is 28.6. The lowest BCUT2D eigenvalue weighted by Crippen LogP contribution is -2.46. The maximum atomic E-state index is 12.4. The fourth-order valence-corrected chi connectivity index (χ4v) is 2.97. The molecule has 1 aromatic rings. The van der Waals surface area contributed by atoms with Crippen LogP contribution in [0.25, 0.3) is 0 Å². The molecule has 0 aliphatic carbocycles. The van der Waals surface area contributed by atoms with Crippen molar-refractivity contribution in [1.82, 2.24) is 10.3 Å². The Bertz CT molecular complexity index is 495. The average molecular weight is 321 g/mol. The van der Waals surface area contributed by atoms with Gasteiger partial charge in [0.25, 0.3) is 0 Å². The molecule has 0 radical (unpaired) electrons. The average Bonchev–Trinajstić information content (AvgIpc) is 2.54. The smallest absolute Gasteiger partial charge is 0.246 e. The van der Waals surface area contributed by atoms with Gasteiger partial charge in [-0.3, -0.25) is 14.6 Å². The third kappa shape index (κ3) is 5.02. The second kappa shape index (κ2) is 8.78. The Labute approximate surface area is 136 Å². The van der Waals surface area contributed by atoms with Crippen LogP contribution in [0, 0.1) is 5.92 Å². The molecule has 2 atom stereocenters. The fourth-order valence-electron chi connectivity index (χ4n) is 2.62. The number of carbonyl (C=O) groups excluding carboxylic acids is 2. The van der Waals surface area contributed by atoms with Gasteiger partial charge in [-0.1, -0.05) is 25.7 Å². The fraction of sp³-hybridized carbons (Fsp3) is 0.562. The molecule has 6 heteroatoms. The SMILES string of the molecule is O=C1N[C@@H](C(=O)Nc2cccnc2)CCCCCC[C@@H]1CS. The molecule has 1 fully saturated rings. The number of hydrogen-bond acceptors (Lipinski definition) is 4. The van der Waals surface area contributed by atoms with Crippen LogP contribution in [0.2, 0.25) is 0 Å². The van der Waals surface area contributed by atoms with E-state index >= 15 is 0 Å². The standard InChI is InChI=1S/C16H23N3O2S/c20-15-12(11-22)6-3-1-2-4-8-14(19-15)16(21)18-13-7-5-9-17-10-13/h5,7,9-10,12,14,22H,1-4,6,8,11H2,(H,18,21)(H,19,20)/t12-,14-/m1/s1. The zero-order valence-electron chi connectivity index (χ0n) is 12.6. The van der Waals surface area contributed by atoms with Crippen LogP contribution in [0.15, 0.2) is 24.5 Å². The summed E-state index contributed by atoms with van der Waals surface area (Å²) in [7, 11) is 0. The van der Waals surface area contributed by atoms with Gasteiger partial charge in [0.05, 0.1) is 11.9 Å². The maximum Gasteiger partial charge on any atom is 0.246 e. The topological polar surface area (TPSA) is 71.1 Å². The van der Waals surface area contributed by atoms with E-state index in [4.69, 9.17) is 0 Å². The molecule has 0 spiro atoms. The van der Waals surface area contributed by atoms with Gasteiger partial charge in [-0.2, -0.15) is 12.6 Å². The molecule has 1 saturated heterocycles. The van der Waals surface area contributed by atoms with Crippen LogP contribution in [0.1, 0.15) is 38.5 Å². The summed E-state index contributed by atoms with van der Waals surface area (Å²) in [5.74, 6) is 0.154. The lowest BCUT2D eigenvalue weighted by molar-refractivity contribution is -0.129. The number of pyridine rings is 1. The maximum absolute atomic E-state index is 12.4. The Hall–Kier alpha value is -1.56. The molecule has 2 N–H and O–H groups in total. The second-order valence-corrected chi connectivity index (χ2v) is 6.03. The minimum absolute atomic E-state index is 0.0664. The molecule has 0 aromatic carbocycles. The number of hydrogen-bond donors (Lipinski definition) is 3. The first-order chi connectivity index (χ1) is 10.7. The van der Waals surface area contributed by atoms with Gasteiger partial charge in [-0.15, -0.1) is 0 Å². The monoisotopic (exact) mass is 321 g/mol. The van der Waals surface area contributed by atoms with Crippen molar-refractivity contribution in [2.45, 2.75) is 44.6 Å². The van der Waals surface area contributed by atoms with Crippen molar-refractivity contribution >= 4 is 30.1 Å². The van der Waals surface area contributed by atoms with E-state index in [1.54, 1.807) is 24.5 Å². The predicted molar refractivity (Wildman–Crippen MR) is 89.8 cm³/mol. The van der Waals surface area contributed by atoms with Crippen LogP contribution in [0.4, 0.5) is 5.69 Å². The number of rotatable bonds is 3. The molecule has 22 heavy (non-hydrogen) atoms. The summed E-state index contributed by atoms with van der Waals surface area (Å²) >= 11 is 4.26. The summed E-state index contributed by atoms with van der Waals surface area (Å²) < 4.78 is 0. The van der Waals surface area contributed by atoms with Crippen molar-refractivity contribution in [3.63, 3.8) is 0 Å². The summed E-state index contributed by atoms with van der Waals surface area (Å²) in [5.41, 5.74) is 0.643. The van der Waals surface area contributed by atoms with Crippen molar-refractivity contribution in [3.05, 3.63) is 24.5 Å². The molecule has 2 heterocycles. The Morgan fingerprint density at radius 3 is 2.77 bits per heavy atom. The van der Waals surface area contributed by atoms with Gasteiger partial charge in [0.2, 0.25) is 11.8 Å². The third-order valence-electron chi connectivity index (χ3n) is 3.95. The van der Waals surface area contributed by atoms with Gasteiger partial charge in [0.15, 0.2) is 0 Å². The minimum Gasteiger partial charge on any atom is -0.344 e. The van der Waals surface area contributed by atoms with Crippen LogP contribution in [-0.4, -0.2) is 28.6 Å². The van der Waals surface area contributed by atoms with Crippen LogP contribution >= 0.6 is 12.6 Å². The normalized spacial score (nSPS) is 23.4. The van der Waals surface area contributed by atoms with E-state index < -0.39 is 6.04 Å². The molecule has 2 amide bonds. The van der Waals surface area contributed by atoms with Gasteiger partial charge < -0.3 is 10.6 Å². The van der Waals surface area contributed by atoms with Crippen LogP contribution in [-0.2, 0) is 9.59 Å². The van der Waals surface area contributed by atoms with E-state index in [1.807, 2.05) is 0 Å². The van der Waals surface area contributed by atoms with Crippen molar-refractivity contribution in [3.8, 4) is 0 Å². The lowest BCUT2D eigenvalue weighted by Gasteiger charge is -2.23. The quantitative estimate of drug-likeness (QED) is 0.749.